The molecule has 0 aliphatic carbocycles. The summed E-state index contributed by atoms with van der Waals surface area (Å²) in [6, 6.07) is 10.6. The Morgan fingerprint density at radius 1 is 1.00 bits per heavy atom. The quantitative estimate of drug-likeness (QED) is 0.668. The highest BCUT2D eigenvalue weighted by Crippen LogP contribution is 2.34. The van der Waals surface area contributed by atoms with E-state index in [1.54, 1.807) is 30.3 Å². The average molecular weight is 403 g/mol. The smallest absolute Gasteiger partial charge is 0.274 e. The molecule has 0 unspecified atom stereocenters. The predicted octanol–water partition coefficient (Wildman–Crippen LogP) is 3.56. The first-order valence-corrected chi connectivity index (χ1v) is 8.48. The maximum absolute atomic E-state index is 13.7. The van der Waals surface area contributed by atoms with E-state index in [-0.39, 0.29) is 23.2 Å². The highest BCUT2D eigenvalue weighted by atomic mass is 19.4. The lowest BCUT2D eigenvalue weighted by atomic mass is 10.1. The van der Waals surface area contributed by atoms with Gasteiger partial charge >= 0.3 is 6.18 Å². The van der Waals surface area contributed by atoms with Gasteiger partial charge in [0.2, 0.25) is 17.8 Å². The van der Waals surface area contributed by atoms with Gasteiger partial charge in [0, 0.05) is 31.2 Å². The molecule has 0 N–H and O–H groups in total. The fraction of sp³-hybridized carbons (Fsp3) is 0.211. The Morgan fingerprint density at radius 3 is 2.17 bits per heavy atom. The lowest BCUT2D eigenvalue weighted by Crippen LogP contribution is -2.35. The number of anilines is 1. The monoisotopic (exact) mass is 403 g/mol. The van der Waals surface area contributed by atoms with Crippen LogP contribution >= 0.6 is 0 Å². The Kier molecular flexibility index (Phi) is 5.19. The molecule has 2 heterocycles. The lowest BCUT2D eigenvalue weighted by molar-refractivity contribution is -0.143. The highest BCUT2D eigenvalue weighted by Gasteiger charge is 2.37. The third-order valence-corrected chi connectivity index (χ3v) is 3.95. The minimum Gasteiger partial charge on any atom is -0.274 e. The summed E-state index contributed by atoms with van der Waals surface area (Å²) in [6.45, 7) is 3.78. The second-order valence-corrected chi connectivity index (χ2v) is 6.23. The molecule has 10 heteroatoms. The van der Waals surface area contributed by atoms with Crippen molar-refractivity contribution < 1.29 is 22.8 Å². The van der Waals surface area contributed by atoms with Crippen molar-refractivity contribution in [2.45, 2.75) is 26.9 Å². The van der Waals surface area contributed by atoms with Crippen LogP contribution in [-0.4, -0.2) is 31.6 Å². The molecule has 0 fully saturated rings. The Bertz CT molecular complexity index is 1060. The van der Waals surface area contributed by atoms with Crippen molar-refractivity contribution >= 4 is 17.8 Å². The SMILES string of the molecule is CC(=O)N(C(C)=O)c1nc(C)cc(-n2nc(-c3ccccc3)cc2C(F)(F)F)n1. The van der Waals surface area contributed by atoms with Gasteiger partial charge in [-0.2, -0.15) is 23.3 Å². The number of halogens is 3. The van der Waals surface area contributed by atoms with Gasteiger partial charge in [-0.1, -0.05) is 30.3 Å². The molecule has 3 rings (SSSR count). The van der Waals surface area contributed by atoms with Crippen LogP contribution in [0.25, 0.3) is 17.1 Å². The summed E-state index contributed by atoms with van der Waals surface area (Å²) < 4.78 is 41.6. The minimum absolute atomic E-state index is 0.103. The van der Waals surface area contributed by atoms with Crippen molar-refractivity contribution in [1.29, 1.82) is 0 Å². The molecule has 2 aromatic heterocycles. The van der Waals surface area contributed by atoms with Gasteiger partial charge < -0.3 is 0 Å². The highest BCUT2D eigenvalue weighted by molar-refractivity contribution is 6.11. The van der Waals surface area contributed by atoms with E-state index in [1.165, 1.54) is 13.0 Å². The summed E-state index contributed by atoms with van der Waals surface area (Å²) in [5.74, 6) is -1.84. The van der Waals surface area contributed by atoms with Crippen molar-refractivity contribution in [3.05, 3.63) is 53.9 Å². The maximum Gasteiger partial charge on any atom is 0.433 e. The van der Waals surface area contributed by atoms with Gasteiger partial charge in [0.05, 0.1) is 5.69 Å². The van der Waals surface area contributed by atoms with E-state index in [2.05, 4.69) is 15.1 Å². The molecular weight excluding hydrogens is 387 g/mol. The standard InChI is InChI=1S/C19H16F3N5O2/c1-11-9-17(24-18(23-11)26(12(2)28)13(3)29)27-16(19(20,21)22)10-15(25-27)14-7-5-4-6-8-14/h4-10H,1-3H3. The molecule has 0 saturated heterocycles. The Hall–Kier alpha value is -3.56. The van der Waals surface area contributed by atoms with E-state index in [0.29, 0.717) is 15.1 Å². The van der Waals surface area contributed by atoms with E-state index in [4.69, 9.17) is 0 Å². The van der Waals surface area contributed by atoms with E-state index < -0.39 is 23.7 Å². The topological polar surface area (TPSA) is 81.0 Å². The summed E-state index contributed by atoms with van der Waals surface area (Å²) >= 11 is 0. The number of hydrogen-bond donors (Lipinski definition) is 0. The third kappa shape index (κ3) is 4.15. The van der Waals surface area contributed by atoms with Crippen LogP contribution in [-0.2, 0) is 15.8 Å². The van der Waals surface area contributed by atoms with Gasteiger partial charge in [0.15, 0.2) is 11.5 Å². The molecule has 0 aliphatic rings. The van der Waals surface area contributed by atoms with Gasteiger partial charge in [0.1, 0.15) is 0 Å². The molecule has 7 nitrogen and oxygen atoms in total. The lowest BCUT2D eigenvalue weighted by Gasteiger charge is -2.17. The second-order valence-electron chi connectivity index (χ2n) is 6.23. The number of imide groups is 1. The fourth-order valence-electron chi connectivity index (χ4n) is 2.76. The molecule has 0 spiro atoms. The van der Waals surface area contributed by atoms with Gasteiger partial charge in [-0.3, -0.25) is 9.59 Å². The number of carbonyl (C=O) groups is 2. The number of benzene rings is 1. The molecular formula is C19H16F3N5O2. The van der Waals surface area contributed by atoms with Crippen molar-refractivity contribution in [2.24, 2.45) is 0 Å². The molecule has 150 valence electrons. The van der Waals surface area contributed by atoms with Crippen molar-refractivity contribution in [3.8, 4) is 17.1 Å². The molecule has 2 amide bonds. The Balaban J connectivity index is 2.21. The Morgan fingerprint density at radius 2 is 1.62 bits per heavy atom. The second kappa shape index (κ2) is 7.46. The average Bonchev–Trinajstić information content (AvgIpc) is 3.07. The number of aryl methyl sites for hydroxylation is 1. The maximum atomic E-state index is 13.7. The summed E-state index contributed by atoms with van der Waals surface area (Å²) in [5, 5.41) is 4.07. The molecule has 1 aromatic carbocycles. The summed E-state index contributed by atoms with van der Waals surface area (Å²) in [4.78, 5) is 32.3. The number of amides is 2. The molecule has 0 atom stereocenters. The van der Waals surface area contributed by atoms with Crippen LogP contribution in [0.3, 0.4) is 0 Å². The molecule has 0 radical (unpaired) electrons. The summed E-state index contributed by atoms with van der Waals surface area (Å²) in [7, 11) is 0. The number of carbonyl (C=O) groups excluding carboxylic acids is 2. The number of hydrogen-bond acceptors (Lipinski definition) is 5. The summed E-state index contributed by atoms with van der Waals surface area (Å²) in [5.41, 5.74) is -0.178. The summed E-state index contributed by atoms with van der Waals surface area (Å²) in [6.07, 6.45) is -4.71. The van der Waals surface area contributed by atoms with Crippen LogP contribution in [0.4, 0.5) is 19.1 Å². The van der Waals surface area contributed by atoms with Crippen LogP contribution in [0.1, 0.15) is 25.2 Å². The Labute approximate surface area is 163 Å². The first-order chi connectivity index (χ1) is 13.6. The fourth-order valence-corrected chi connectivity index (χ4v) is 2.76. The van der Waals surface area contributed by atoms with Crippen LogP contribution in [0.5, 0.6) is 0 Å². The van der Waals surface area contributed by atoms with E-state index in [1.807, 2.05) is 0 Å². The molecule has 0 bridgehead atoms. The van der Waals surface area contributed by atoms with Gasteiger partial charge in [-0.05, 0) is 13.0 Å². The first-order valence-electron chi connectivity index (χ1n) is 8.48. The minimum atomic E-state index is -4.71. The van der Waals surface area contributed by atoms with E-state index >= 15 is 0 Å². The normalized spacial score (nSPS) is 11.4. The number of aromatic nitrogens is 4. The van der Waals surface area contributed by atoms with Crippen molar-refractivity contribution in [3.63, 3.8) is 0 Å². The van der Waals surface area contributed by atoms with E-state index in [9.17, 15) is 22.8 Å². The molecule has 3 aromatic rings. The van der Waals surface area contributed by atoms with Gasteiger partial charge in [-0.15, -0.1) is 0 Å². The van der Waals surface area contributed by atoms with Crippen LogP contribution in [0.15, 0.2) is 42.5 Å². The molecule has 0 saturated carbocycles. The van der Waals surface area contributed by atoms with Gasteiger partial charge in [-0.25, -0.2) is 14.6 Å². The third-order valence-electron chi connectivity index (χ3n) is 3.95. The van der Waals surface area contributed by atoms with Crippen molar-refractivity contribution in [1.82, 2.24) is 19.7 Å². The molecule has 0 aliphatic heterocycles. The molecule has 29 heavy (non-hydrogen) atoms. The van der Waals surface area contributed by atoms with Crippen LogP contribution < -0.4 is 4.90 Å². The number of alkyl halides is 3. The van der Waals surface area contributed by atoms with Crippen LogP contribution in [0, 0.1) is 6.92 Å². The van der Waals surface area contributed by atoms with Gasteiger partial charge in [0.25, 0.3) is 0 Å². The zero-order valence-electron chi connectivity index (χ0n) is 15.7. The number of rotatable bonds is 3. The van der Waals surface area contributed by atoms with Crippen LogP contribution in [0.2, 0.25) is 0 Å². The zero-order chi connectivity index (χ0) is 21.3. The largest absolute Gasteiger partial charge is 0.433 e. The van der Waals surface area contributed by atoms with Crippen molar-refractivity contribution in [2.75, 3.05) is 4.90 Å². The zero-order valence-corrected chi connectivity index (χ0v) is 15.7. The van der Waals surface area contributed by atoms with E-state index in [0.717, 1.165) is 19.9 Å². The first kappa shape index (κ1) is 20.2. The predicted molar refractivity (Wildman–Crippen MR) is 98.2 cm³/mol. The number of nitrogens with zero attached hydrogens (tertiary/aromatic N) is 5.